The predicted molar refractivity (Wildman–Crippen MR) is 82.9 cm³/mol. The summed E-state index contributed by atoms with van der Waals surface area (Å²) in [4.78, 5) is 0. The molecule has 0 aromatic heterocycles. The molecule has 0 radical (unpaired) electrons. The van der Waals surface area contributed by atoms with Gasteiger partial charge in [-0.3, -0.25) is 4.21 Å². The summed E-state index contributed by atoms with van der Waals surface area (Å²) in [5.41, 5.74) is 1.33. The smallest absolute Gasteiger partial charge is 0.0509 e. The first kappa shape index (κ1) is 15.0. The van der Waals surface area contributed by atoms with Gasteiger partial charge in [0.15, 0.2) is 0 Å². The maximum atomic E-state index is 12.6. The van der Waals surface area contributed by atoms with Gasteiger partial charge in [-0.05, 0) is 43.0 Å². The molecule has 1 saturated carbocycles. The quantitative estimate of drug-likeness (QED) is 0.923. The van der Waals surface area contributed by atoms with Crippen molar-refractivity contribution in [3.8, 4) is 0 Å². The largest absolute Gasteiger partial charge is 0.315 e. The molecule has 0 spiro atoms. The Morgan fingerprint density at radius 1 is 1.37 bits per heavy atom. The molecule has 0 bridgehead atoms. The van der Waals surface area contributed by atoms with Crippen molar-refractivity contribution in [1.82, 2.24) is 5.32 Å². The SMILES string of the molecule is CNC1C(S(=O)Cc2ccc(Cl)cc2)CCC1(C)C. The van der Waals surface area contributed by atoms with Crippen molar-refractivity contribution in [2.75, 3.05) is 7.05 Å². The van der Waals surface area contributed by atoms with Crippen molar-refractivity contribution in [3.05, 3.63) is 34.9 Å². The number of rotatable bonds is 4. The first-order valence-electron chi connectivity index (χ1n) is 6.73. The molecule has 106 valence electrons. The van der Waals surface area contributed by atoms with E-state index in [4.69, 9.17) is 11.6 Å². The maximum absolute atomic E-state index is 12.6. The summed E-state index contributed by atoms with van der Waals surface area (Å²) in [6, 6.07) is 7.99. The molecule has 2 nitrogen and oxygen atoms in total. The average Bonchev–Trinajstić information content (AvgIpc) is 2.67. The summed E-state index contributed by atoms with van der Waals surface area (Å²) in [6.45, 7) is 4.52. The molecule has 0 saturated heterocycles. The molecule has 19 heavy (non-hydrogen) atoms. The summed E-state index contributed by atoms with van der Waals surface area (Å²) >= 11 is 5.87. The van der Waals surface area contributed by atoms with Crippen molar-refractivity contribution in [2.45, 2.75) is 43.7 Å². The molecule has 2 rings (SSSR count). The van der Waals surface area contributed by atoms with E-state index in [1.165, 1.54) is 0 Å². The zero-order valence-corrected chi connectivity index (χ0v) is 13.4. The van der Waals surface area contributed by atoms with Gasteiger partial charge in [-0.15, -0.1) is 0 Å². The van der Waals surface area contributed by atoms with E-state index in [0.29, 0.717) is 11.8 Å². The van der Waals surface area contributed by atoms with E-state index in [-0.39, 0.29) is 10.7 Å². The van der Waals surface area contributed by atoms with Gasteiger partial charge < -0.3 is 5.32 Å². The number of halogens is 1. The predicted octanol–water partition coefficient (Wildman–Crippen LogP) is 3.37. The third kappa shape index (κ3) is 3.39. The lowest BCUT2D eigenvalue weighted by atomic mass is 9.87. The van der Waals surface area contributed by atoms with Crippen LogP contribution in [-0.2, 0) is 16.6 Å². The van der Waals surface area contributed by atoms with Crippen LogP contribution in [0, 0.1) is 5.41 Å². The van der Waals surface area contributed by atoms with Gasteiger partial charge in [-0.1, -0.05) is 37.6 Å². The van der Waals surface area contributed by atoms with Crippen LogP contribution in [0.5, 0.6) is 0 Å². The Kier molecular flexibility index (Phi) is 4.70. The molecule has 0 amide bonds. The summed E-state index contributed by atoms with van der Waals surface area (Å²) in [5.74, 6) is 0.621. The molecule has 3 atom stereocenters. The van der Waals surface area contributed by atoms with E-state index >= 15 is 0 Å². The Bertz CT molecular complexity index is 458. The zero-order chi connectivity index (χ0) is 14.0. The van der Waals surface area contributed by atoms with Crippen LogP contribution in [0.2, 0.25) is 5.02 Å². The molecule has 4 heteroatoms. The highest BCUT2D eigenvalue weighted by Gasteiger charge is 2.43. The Morgan fingerprint density at radius 3 is 2.58 bits per heavy atom. The molecular formula is C15H22ClNOS. The lowest BCUT2D eigenvalue weighted by molar-refractivity contribution is 0.299. The van der Waals surface area contributed by atoms with Gasteiger partial charge >= 0.3 is 0 Å². The van der Waals surface area contributed by atoms with Gasteiger partial charge in [-0.2, -0.15) is 0 Å². The lowest BCUT2D eigenvalue weighted by Crippen LogP contribution is -2.44. The van der Waals surface area contributed by atoms with E-state index in [1.54, 1.807) is 0 Å². The molecule has 1 fully saturated rings. The lowest BCUT2D eigenvalue weighted by Gasteiger charge is -2.30. The van der Waals surface area contributed by atoms with E-state index in [0.717, 1.165) is 23.4 Å². The van der Waals surface area contributed by atoms with Gasteiger partial charge in [0.25, 0.3) is 0 Å². The molecule has 1 aromatic carbocycles. The monoisotopic (exact) mass is 299 g/mol. The molecule has 1 N–H and O–H groups in total. The van der Waals surface area contributed by atoms with Crippen molar-refractivity contribution in [1.29, 1.82) is 0 Å². The second kappa shape index (κ2) is 5.94. The number of hydrogen-bond acceptors (Lipinski definition) is 2. The van der Waals surface area contributed by atoms with E-state index in [2.05, 4.69) is 19.2 Å². The van der Waals surface area contributed by atoms with Crippen LogP contribution in [0.1, 0.15) is 32.3 Å². The van der Waals surface area contributed by atoms with Crippen LogP contribution in [0.4, 0.5) is 0 Å². The molecule has 0 aliphatic heterocycles. The highest BCUT2D eigenvalue weighted by atomic mass is 35.5. The van der Waals surface area contributed by atoms with E-state index < -0.39 is 10.8 Å². The number of benzene rings is 1. The topological polar surface area (TPSA) is 29.1 Å². The second-order valence-corrected chi connectivity index (χ2v) is 8.08. The van der Waals surface area contributed by atoms with Crippen molar-refractivity contribution >= 4 is 22.4 Å². The summed E-state index contributed by atoms with van der Waals surface area (Å²) < 4.78 is 12.6. The van der Waals surface area contributed by atoms with Crippen LogP contribution in [0.3, 0.4) is 0 Å². The Balaban J connectivity index is 2.06. The second-order valence-electron chi connectivity index (χ2n) is 5.98. The number of nitrogens with one attached hydrogen (secondary N) is 1. The van der Waals surface area contributed by atoms with Crippen LogP contribution in [0.15, 0.2) is 24.3 Å². The zero-order valence-electron chi connectivity index (χ0n) is 11.8. The summed E-state index contributed by atoms with van der Waals surface area (Å²) in [7, 11) is 1.14. The third-order valence-electron chi connectivity index (χ3n) is 4.16. The van der Waals surface area contributed by atoms with Crippen molar-refractivity contribution < 1.29 is 4.21 Å². The van der Waals surface area contributed by atoms with Crippen LogP contribution in [-0.4, -0.2) is 22.5 Å². The molecule has 1 aromatic rings. The Morgan fingerprint density at radius 2 is 2.00 bits per heavy atom. The fourth-order valence-corrected chi connectivity index (χ4v) is 5.10. The molecule has 0 heterocycles. The van der Waals surface area contributed by atoms with Gasteiger partial charge in [0, 0.05) is 27.6 Å². The summed E-state index contributed by atoms with van der Waals surface area (Å²) in [5, 5.41) is 4.34. The normalized spacial score (nSPS) is 27.4. The molecule has 3 unspecified atom stereocenters. The number of hydrogen-bond donors (Lipinski definition) is 1. The van der Waals surface area contributed by atoms with E-state index in [9.17, 15) is 4.21 Å². The minimum Gasteiger partial charge on any atom is -0.315 e. The minimum absolute atomic E-state index is 0.231. The van der Waals surface area contributed by atoms with Gasteiger partial charge in [0.1, 0.15) is 0 Å². The van der Waals surface area contributed by atoms with Gasteiger partial charge in [0.05, 0.1) is 5.25 Å². The highest BCUT2D eigenvalue weighted by Crippen LogP contribution is 2.40. The van der Waals surface area contributed by atoms with Crippen LogP contribution < -0.4 is 5.32 Å². The first-order valence-corrected chi connectivity index (χ1v) is 8.49. The summed E-state index contributed by atoms with van der Waals surface area (Å²) in [6.07, 6.45) is 2.17. The van der Waals surface area contributed by atoms with E-state index in [1.807, 2.05) is 31.3 Å². The van der Waals surface area contributed by atoms with Gasteiger partial charge in [0.2, 0.25) is 0 Å². The Hall–Kier alpha value is -0.380. The van der Waals surface area contributed by atoms with Crippen LogP contribution in [0.25, 0.3) is 0 Å². The average molecular weight is 300 g/mol. The highest BCUT2D eigenvalue weighted by molar-refractivity contribution is 7.84. The van der Waals surface area contributed by atoms with Crippen molar-refractivity contribution in [2.24, 2.45) is 5.41 Å². The maximum Gasteiger partial charge on any atom is 0.0509 e. The molecular weight excluding hydrogens is 278 g/mol. The first-order chi connectivity index (χ1) is 8.94. The van der Waals surface area contributed by atoms with Crippen LogP contribution >= 0.6 is 11.6 Å². The molecule has 1 aliphatic carbocycles. The Labute approximate surface area is 123 Å². The standard InChI is InChI=1S/C15H22ClNOS/c1-15(2)9-8-13(14(15)17-3)19(18)10-11-4-6-12(16)7-5-11/h4-7,13-14,17H,8-10H2,1-3H3. The minimum atomic E-state index is -0.835. The van der Waals surface area contributed by atoms with Crippen molar-refractivity contribution in [3.63, 3.8) is 0 Å². The van der Waals surface area contributed by atoms with Gasteiger partial charge in [-0.25, -0.2) is 0 Å². The fourth-order valence-electron chi connectivity index (χ4n) is 3.05. The fraction of sp³-hybridized carbons (Fsp3) is 0.600. The third-order valence-corrected chi connectivity index (χ3v) is 6.21. The molecule has 1 aliphatic rings.